The Morgan fingerprint density at radius 3 is 2.31 bits per heavy atom. The minimum Gasteiger partial charge on any atom is -0.496 e. The fourth-order valence-corrected chi connectivity index (χ4v) is 8.18. The number of hydrogen-bond donors (Lipinski definition) is 2. The summed E-state index contributed by atoms with van der Waals surface area (Å²) in [5.41, 5.74) is 1.39. The molecule has 15 heteroatoms. The molecule has 3 atom stereocenters. The molecule has 0 radical (unpaired) electrons. The first-order chi connectivity index (χ1) is 24.1. The molecule has 52 heavy (non-hydrogen) atoms. The second kappa shape index (κ2) is 17.0. The number of nitrogens with zero attached hydrogens (tertiary/aromatic N) is 5. The Hall–Kier alpha value is -3.69. The largest absolute Gasteiger partial charge is 0.496 e. The number of halogens is 1. The molecular weight excluding hydrogens is 706 g/mol. The second-order valence-corrected chi connectivity index (χ2v) is 16.6. The molecule has 2 aliphatic rings. The van der Waals surface area contributed by atoms with Gasteiger partial charge in [0, 0.05) is 74.2 Å². The molecule has 284 valence electrons. The number of likely N-dealkylation sites (tertiary alicyclic amines) is 1. The van der Waals surface area contributed by atoms with Crippen molar-refractivity contribution in [2.24, 2.45) is 11.3 Å². The normalized spacial score (nSPS) is 18.4. The van der Waals surface area contributed by atoms with E-state index in [1.165, 1.54) is 17.7 Å². The minimum atomic E-state index is -3.61. The van der Waals surface area contributed by atoms with Crippen LogP contribution in [0.5, 0.6) is 5.75 Å². The van der Waals surface area contributed by atoms with Gasteiger partial charge in [-0.05, 0) is 69.6 Å². The summed E-state index contributed by atoms with van der Waals surface area (Å²) in [6, 6.07) is 9.19. The van der Waals surface area contributed by atoms with E-state index in [9.17, 15) is 22.8 Å². The molecule has 13 nitrogen and oxygen atoms in total. The molecule has 2 aliphatic heterocycles. The van der Waals surface area contributed by atoms with Gasteiger partial charge >= 0.3 is 0 Å². The van der Waals surface area contributed by atoms with Crippen LogP contribution in [-0.4, -0.2) is 116 Å². The Kier molecular flexibility index (Phi) is 13.4. The number of rotatable bonds is 13. The van der Waals surface area contributed by atoms with E-state index in [2.05, 4.69) is 25.5 Å². The molecule has 3 heterocycles. The van der Waals surface area contributed by atoms with Gasteiger partial charge in [0.1, 0.15) is 23.7 Å². The Labute approximate surface area is 313 Å². The van der Waals surface area contributed by atoms with Crippen LogP contribution in [0.1, 0.15) is 52.5 Å². The highest BCUT2D eigenvalue weighted by molar-refractivity contribution is 7.89. The van der Waals surface area contributed by atoms with Crippen molar-refractivity contribution in [3.05, 3.63) is 48.3 Å². The van der Waals surface area contributed by atoms with Crippen LogP contribution in [0.4, 0.5) is 11.5 Å². The Morgan fingerprint density at radius 1 is 1.02 bits per heavy atom. The lowest BCUT2D eigenvalue weighted by molar-refractivity contribution is -0.145. The number of likely N-dealkylation sites (N-methyl/N-ethyl adjacent to an activating group) is 2. The highest BCUT2D eigenvalue weighted by Crippen LogP contribution is 2.35. The molecule has 0 saturated carbocycles. The highest BCUT2D eigenvalue weighted by Gasteiger charge is 2.42. The van der Waals surface area contributed by atoms with E-state index in [0.29, 0.717) is 79.3 Å². The summed E-state index contributed by atoms with van der Waals surface area (Å²) in [4.78, 5) is 53.8. The van der Waals surface area contributed by atoms with Crippen molar-refractivity contribution in [3.63, 3.8) is 0 Å². The molecule has 2 aromatic carbocycles. The maximum atomic E-state index is 14.0. The SMILES string of the molecule is CN[C@@H](C)C(=O)C[C@H](C(=O)N1CCC[C@H]1C(=O)Cc1cc2c(Nc3ccc(S(=O)(=O)N4CCN(C)CC4)cc3)ncnc2cc1OC)C(C)(C)C.Cl. The number of nitrogens with one attached hydrogen (secondary N) is 2. The van der Waals surface area contributed by atoms with Crippen molar-refractivity contribution in [2.45, 2.75) is 70.4 Å². The summed E-state index contributed by atoms with van der Waals surface area (Å²) in [5, 5.41) is 6.90. The van der Waals surface area contributed by atoms with Crippen LogP contribution in [0.2, 0.25) is 0 Å². The second-order valence-electron chi connectivity index (χ2n) is 14.7. The maximum absolute atomic E-state index is 14.0. The van der Waals surface area contributed by atoms with Crippen LogP contribution in [0.3, 0.4) is 0 Å². The van der Waals surface area contributed by atoms with E-state index in [1.807, 2.05) is 33.9 Å². The number of carbonyl (C=O) groups is 3. The van der Waals surface area contributed by atoms with Gasteiger partial charge in [0.05, 0.1) is 29.6 Å². The maximum Gasteiger partial charge on any atom is 0.243 e. The Morgan fingerprint density at radius 2 is 1.69 bits per heavy atom. The Balaban J connectivity index is 0.00000605. The quantitative estimate of drug-likeness (QED) is 0.260. The zero-order valence-electron chi connectivity index (χ0n) is 31.1. The predicted molar refractivity (Wildman–Crippen MR) is 204 cm³/mol. The topological polar surface area (TPSA) is 154 Å². The van der Waals surface area contributed by atoms with Crippen LogP contribution in [0, 0.1) is 11.3 Å². The van der Waals surface area contributed by atoms with Crippen LogP contribution in [0.15, 0.2) is 47.6 Å². The van der Waals surface area contributed by atoms with Crippen molar-refractivity contribution in [2.75, 3.05) is 59.2 Å². The third-order valence-corrected chi connectivity index (χ3v) is 12.1. The van der Waals surface area contributed by atoms with Gasteiger partial charge < -0.3 is 25.2 Å². The molecule has 0 bridgehead atoms. The number of sulfonamides is 1. The smallest absolute Gasteiger partial charge is 0.243 e. The monoisotopic (exact) mass is 757 g/mol. The number of anilines is 2. The van der Waals surface area contributed by atoms with Crippen molar-refractivity contribution in [1.29, 1.82) is 0 Å². The number of hydrogen-bond acceptors (Lipinski definition) is 11. The number of Topliss-reactive ketones (excluding diaryl/α,β-unsaturated/α-hetero) is 2. The third-order valence-electron chi connectivity index (χ3n) is 10.2. The summed E-state index contributed by atoms with van der Waals surface area (Å²) in [6.45, 7) is 10.4. The summed E-state index contributed by atoms with van der Waals surface area (Å²) in [5.74, 6) is 0.113. The molecule has 0 unspecified atom stereocenters. The van der Waals surface area contributed by atoms with E-state index in [0.717, 1.165) is 0 Å². The first kappa shape index (κ1) is 41.1. The van der Waals surface area contributed by atoms with Crippen LogP contribution < -0.4 is 15.4 Å². The zero-order valence-corrected chi connectivity index (χ0v) is 32.8. The van der Waals surface area contributed by atoms with E-state index >= 15 is 0 Å². The summed E-state index contributed by atoms with van der Waals surface area (Å²) in [6.07, 6.45) is 2.80. The van der Waals surface area contributed by atoms with E-state index in [4.69, 9.17) is 4.74 Å². The number of piperazine rings is 1. The molecule has 3 aromatic rings. The standard InChI is InChI=1S/C37H51N7O6S.ClH/c1-24(38-5)32(45)21-29(37(2,3)4)36(47)44-14-8-9-31(44)33(46)20-25-19-28-30(22-34(25)50-7)39-23-40-35(28)41-26-10-12-27(13-11-26)51(48,49)43-17-15-42(6)16-18-43;/h10-13,19,22-24,29,31,38H,8-9,14-18,20-21H2,1-7H3,(H,39,40,41);1H/t24-,29+,31-;/m0./s1. The van der Waals surface area contributed by atoms with Crippen molar-refractivity contribution >= 4 is 62.3 Å². The van der Waals surface area contributed by atoms with E-state index in [-0.39, 0.29) is 53.7 Å². The van der Waals surface area contributed by atoms with Gasteiger partial charge in [0.15, 0.2) is 5.78 Å². The van der Waals surface area contributed by atoms with Crippen molar-refractivity contribution in [3.8, 4) is 5.75 Å². The molecule has 2 saturated heterocycles. The lowest BCUT2D eigenvalue weighted by Gasteiger charge is -2.35. The first-order valence-electron chi connectivity index (χ1n) is 17.5. The highest BCUT2D eigenvalue weighted by atomic mass is 35.5. The molecule has 5 rings (SSSR count). The number of benzene rings is 2. The summed E-state index contributed by atoms with van der Waals surface area (Å²) >= 11 is 0. The number of aromatic nitrogens is 2. The number of amides is 1. The minimum absolute atomic E-state index is 0. The Bertz CT molecular complexity index is 1860. The lowest BCUT2D eigenvalue weighted by atomic mass is 9.76. The third kappa shape index (κ3) is 9.08. The van der Waals surface area contributed by atoms with Crippen LogP contribution >= 0.6 is 12.4 Å². The average molecular weight is 758 g/mol. The van der Waals surface area contributed by atoms with Crippen LogP contribution in [0.25, 0.3) is 10.9 Å². The molecule has 0 aliphatic carbocycles. The van der Waals surface area contributed by atoms with Gasteiger partial charge in [-0.3, -0.25) is 14.4 Å². The van der Waals surface area contributed by atoms with E-state index in [1.54, 1.807) is 49.2 Å². The van der Waals surface area contributed by atoms with Gasteiger partial charge in [-0.25, -0.2) is 18.4 Å². The number of methoxy groups -OCH3 is 1. The van der Waals surface area contributed by atoms with Gasteiger partial charge in [-0.1, -0.05) is 20.8 Å². The van der Waals surface area contributed by atoms with E-state index < -0.39 is 27.4 Å². The number of ketones is 2. The zero-order chi connectivity index (χ0) is 37.1. The van der Waals surface area contributed by atoms with Gasteiger partial charge in [-0.2, -0.15) is 4.31 Å². The lowest BCUT2D eigenvalue weighted by Crippen LogP contribution is -2.48. The molecule has 0 spiro atoms. The van der Waals surface area contributed by atoms with Crippen molar-refractivity contribution < 1.29 is 27.5 Å². The van der Waals surface area contributed by atoms with Gasteiger partial charge in [-0.15, -0.1) is 12.4 Å². The summed E-state index contributed by atoms with van der Waals surface area (Å²) in [7, 11) is 1.63. The van der Waals surface area contributed by atoms with Gasteiger partial charge in [0.2, 0.25) is 15.9 Å². The first-order valence-corrected chi connectivity index (χ1v) is 19.0. The molecule has 2 N–H and O–H groups in total. The molecular formula is C37H52ClN7O6S. The predicted octanol–water partition coefficient (Wildman–Crippen LogP) is 4.07. The summed E-state index contributed by atoms with van der Waals surface area (Å²) < 4.78 is 33.6. The molecule has 1 amide bonds. The fraction of sp³-hybridized carbons (Fsp3) is 0.541. The van der Waals surface area contributed by atoms with Crippen molar-refractivity contribution in [1.82, 2.24) is 29.4 Å². The number of carbonyl (C=O) groups excluding carboxylic acids is 3. The fourth-order valence-electron chi connectivity index (χ4n) is 6.75. The number of fused-ring (bicyclic) bond motifs is 1. The number of ether oxygens (including phenoxy) is 1. The molecule has 2 fully saturated rings. The molecule has 1 aromatic heterocycles. The van der Waals surface area contributed by atoms with Crippen LogP contribution in [-0.2, 0) is 30.8 Å². The average Bonchev–Trinajstić information content (AvgIpc) is 3.60. The van der Waals surface area contributed by atoms with Gasteiger partial charge in [0.25, 0.3) is 0 Å².